The molecule has 1 amide bonds. The Labute approximate surface area is 145 Å². The average Bonchev–Trinajstić information content (AvgIpc) is 2.90. The summed E-state index contributed by atoms with van der Waals surface area (Å²) < 4.78 is 1.99. The molecule has 130 valence electrons. The predicted octanol–water partition coefficient (Wildman–Crippen LogP) is 1.38. The molecule has 0 saturated heterocycles. The number of carbonyl (C=O) groups is 1. The molecule has 0 saturated carbocycles. The standard InChI is InChI=1S/C16H23N5O2S/c1-11-10-14(22)19-16(18-11)24-12(2)15(23)21(4)8-5-6-13-17-7-9-20(13)3/h7,9-10,12H,5-6,8H2,1-4H3,(H,18,19,22)/t12-/m1/s1. The molecular weight excluding hydrogens is 326 g/mol. The van der Waals surface area contributed by atoms with Crippen molar-refractivity contribution in [1.82, 2.24) is 24.4 Å². The van der Waals surface area contributed by atoms with Crippen LogP contribution in [0, 0.1) is 6.92 Å². The lowest BCUT2D eigenvalue weighted by atomic mass is 10.2. The number of amides is 1. The fraction of sp³-hybridized carbons (Fsp3) is 0.500. The van der Waals surface area contributed by atoms with E-state index in [0.717, 1.165) is 18.7 Å². The second-order valence-electron chi connectivity index (χ2n) is 5.77. The quantitative estimate of drug-likeness (QED) is 0.603. The molecule has 24 heavy (non-hydrogen) atoms. The van der Waals surface area contributed by atoms with Gasteiger partial charge in [-0.15, -0.1) is 0 Å². The van der Waals surface area contributed by atoms with Crippen molar-refractivity contribution in [1.29, 1.82) is 0 Å². The van der Waals surface area contributed by atoms with Gasteiger partial charge in [-0.05, 0) is 20.3 Å². The van der Waals surface area contributed by atoms with Crippen LogP contribution in [0.3, 0.4) is 0 Å². The van der Waals surface area contributed by atoms with E-state index in [-0.39, 0.29) is 16.7 Å². The third-order valence-electron chi connectivity index (χ3n) is 3.68. The van der Waals surface area contributed by atoms with Gasteiger partial charge in [0.1, 0.15) is 5.82 Å². The summed E-state index contributed by atoms with van der Waals surface area (Å²) in [6, 6.07) is 1.43. The van der Waals surface area contributed by atoms with Gasteiger partial charge >= 0.3 is 0 Å². The Morgan fingerprint density at radius 3 is 2.88 bits per heavy atom. The molecule has 8 heteroatoms. The number of carbonyl (C=O) groups excluding carboxylic acids is 1. The van der Waals surface area contributed by atoms with E-state index in [0.29, 0.717) is 17.4 Å². The molecule has 1 atom stereocenters. The molecule has 1 N–H and O–H groups in total. The van der Waals surface area contributed by atoms with Gasteiger partial charge in [0, 0.05) is 51.2 Å². The van der Waals surface area contributed by atoms with Crippen LogP contribution in [0.25, 0.3) is 0 Å². The van der Waals surface area contributed by atoms with Gasteiger partial charge in [0.25, 0.3) is 5.56 Å². The van der Waals surface area contributed by atoms with E-state index in [1.165, 1.54) is 17.8 Å². The first-order valence-corrected chi connectivity index (χ1v) is 8.70. The number of aryl methyl sites for hydroxylation is 3. The smallest absolute Gasteiger partial charge is 0.251 e. The van der Waals surface area contributed by atoms with E-state index >= 15 is 0 Å². The minimum atomic E-state index is -0.312. The van der Waals surface area contributed by atoms with Crippen molar-refractivity contribution in [2.24, 2.45) is 7.05 Å². The lowest BCUT2D eigenvalue weighted by Crippen LogP contribution is -2.34. The lowest BCUT2D eigenvalue weighted by molar-refractivity contribution is -0.129. The van der Waals surface area contributed by atoms with Crippen LogP contribution < -0.4 is 5.56 Å². The molecular formula is C16H23N5O2S. The molecule has 0 aromatic carbocycles. The third kappa shape index (κ3) is 4.95. The highest BCUT2D eigenvalue weighted by molar-refractivity contribution is 8.00. The summed E-state index contributed by atoms with van der Waals surface area (Å²) in [6.45, 7) is 4.24. The topological polar surface area (TPSA) is 83.9 Å². The van der Waals surface area contributed by atoms with E-state index in [2.05, 4.69) is 15.0 Å². The van der Waals surface area contributed by atoms with Crippen LogP contribution >= 0.6 is 11.8 Å². The predicted molar refractivity (Wildman–Crippen MR) is 94.1 cm³/mol. The Hall–Kier alpha value is -2.09. The lowest BCUT2D eigenvalue weighted by Gasteiger charge is -2.20. The van der Waals surface area contributed by atoms with Crippen LogP contribution in [0.15, 0.2) is 28.4 Å². The summed E-state index contributed by atoms with van der Waals surface area (Å²) >= 11 is 1.27. The van der Waals surface area contributed by atoms with Gasteiger partial charge in [0.05, 0.1) is 5.25 Å². The van der Waals surface area contributed by atoms with Crippen LogP contribution in [0.5, 0.6) is 0 Å². The van der Waals surface area contributed by atoms with Crippen LogP contribution in [0.1, 0.15) is 24.9 Å². The van der Waals surface area contributed by atoms with Crippen LogP contribution in [0.4, 0.5) is 0 Å². The summed E-state index contributed by atoms with van der Waals surface area (Å²) in [4.78, 5) is 36.8. The third-order valence-corrected chi connectivity index (χ3v) is 4.65. The first-order chi connectivity index (χ1) is 11.4. The van der Waals surface area contributed by atoms with Gasteiger partial charge in [-0.2, -0.15) is 0 Å². The molecule has 2 aromatic heterocycles. The van der Waals surface area contributed by atoms with Gasteiger partial charge in [-0.1, -0.05) is 11.8 Å². The molecule has 0 aliphatic rings. The number of hydrogen-bond acceptors (Lipinski definition) is 5. The van der Waals surface area contributed by atoms with Gasteiger partial charge < -0.3 is 14.5 Å². The molecule has 0 spiro atoms. The molecule has 0 aliphatic heterocycles. The second-order valence-corrected chi connectivity index (χ2v) is 7.10. The summed E-state index contributed by atoms with van der Waals surface area (Å²) in [5, 5.41) is 0.162. The number of nitrogens with one attached hydrogen (secondary N) is 1. The van der Waals surface area contributed by atoms with Crippen LogP contribution in [-0.4, -0.2) is 49.2 Å². The van der Waals surface area contributed by atoms with E-state index in [1.807, 2.05) is 24.7 Å². The Morgan fingerprint density at radius 2 is 2.25 bits per heavy atom. The van der Waals surface area contributed by atoms with Gasteiger partial charge in [0.15, 0.2) is 5.16 Å². The molecule has 7 nitrogen and oxygen atoms in total. The monoisotopic (exact) mass is 349 g/mol. The summed E-state index contributed by atoms with van der Waals surface area (Å²) in [7, 11) is 3.76. The molecule has 2 rings (SSSR count). The Bertz CT molecular complexity index is 755. The van der Waals surface area contributed by atoms with Crippen molar-refractivity contribution in [2.45, 2.75) is 37.1 Å². The molecule has 0 radical (unpaired) electrons. The van der Waals surface area contributed by atoms with E-state index in [9.17, 15) is 9.59 Å². The highest BCUT2D eigenvalue weighted by Gasteiger charge is 2.19. The van der Waals surface area contributed by atoms with E-state index in [1.54, 1.807) is 25.1 Å². The van der Waals surface area contributed by atoms with Crippen LogP contribution in [0.2, 0.25) is 0 Å². The van der Waals surface area contributed by atoms with Crippen molar-refractivity contribution in [3.63, 3.8) is 0 Å². The number of rotatable bonds is 7. The number of aromatic amines is 1. The number of nitrogens with zero attached hydrogens (tertiary/aromatic N) is 4. The molecule has 0 bridgehead atoms. The molecule has 2 heterocycles. The maximum Gasteiger partial charge on any atom is 0.251 e. The Morgan fingerprint density at radius 1 is 1.50 bits per heavy atom. The second kappa shape index (κ2) is 8.14. The zero-order valence-electron chi connectivity index (χ0n) is 14.4. The van der Waals surface area contributed by atoms with Crippen molar-refractivity contribution in [3.05, 3.63) is 40.3 Å². The fourth-order valence-electron chi connectivity index (χ4n) is 2.36. The summed E-state index contributed by atoms with van der Waals surface area (Å²) in [6.07, 6.45) is 5.37. The highest BCUT2D eigenvalue weighted by Crippen LogP contribution is 2.20. The Balaban J connectivity index is 1.85. The minimum Gasteiger partial charge on any atom is -0.345 e. The number of imidazole rings is 1. The Kier molecular flexibility index (Phi) is 6.19. The van der Waals surface area contributed by atoms with E-state index in [4.69, 9.17) is 0 Å². The summed E-state index contributed by atoms with van der Waals surface area (Å²) in [5.41, 5.74) is 0.442. The van der Waals surface area contributed by atoms with Gasteiger partial charge in [-0.3, -0.25) is 9.59 Å². The van der Waals surface area contributed by atoms with Gasteiger partial charge in [-0.25, -0.2) is 9.97 Å². The highest BCUT2D eigenvalue weighted by atomic mass is 32.2. The first kappa shape index (κ1) is 18.3. The molecule has 0 unspecified atom stereocenters. The van der Waals surface area contributed by atoms with Crippen molar-refractivity contribution >= 4 is 17.7 Å². The number of H-pyrrole nitrogens is 1. The number of thioether (sulfide) groups is 1. The minimum absolute atomic E-state index is 0.0176. The average molecular weight is 349 g/mol. The van der Waals surface area contributed by atoms with Crippen LogP contribution in [-0.2, 0) is 18.3 Å². The molecule has 0 fully saturated rings. The number of hydrogen-bond donors (Lipinski definition) is 1. The summed E-state index contributed by atoms with van der Waals surface area (Å²) in [5.74, 6) is 1.03. The van der Waals surface area contributed by atoms with Crippen molar-refractivity contribution in [2.75, 3.05) is 13.6 Å². The zero-order chi connectivity index (χ0) is 17.7. The largest absolute Gasteiger partial charge is 0.345 e. The molecule has 0 aliphatic carbocycles. The van der Waals surface area contributed by atoms with E-state index < -0.39 is 0 Å². The normalized spacial score (nSPS) is 12.2. The van der Waals surface area contributed by atoms with Crippen molar-refractivity contribution in [3.8, 4) is 0 Å². The van der Waals surface area contributed by atoms with Crippen molar-refractivity contribution < 1.29 is 4.79 Å². The molecule has 2 aromatic rings. The maximum atomic E-state index is 12.4. The SMILES string of the molecule is Cc1cc(=O)[nH]c(S[C@H](C)C(=O)N(C)CCCc2nccn2C)n1. The fourth-order valence-corrected chi connectivity index (χ4v) is 3.33. The maximum absolute atomic E-state index is 12.4. The first-order valence-electron chi connectivity index (χ1n) is 7.82. The van der Waals surface area contributed by atoms with Gasteiger partial charge in [0.2, 0.25) is 5.91 Å². The zero-order valence-corrected chi connectivity index (χ0v) is 15.3. The number of aromatic nitrogens is 4.